The number of nitrogens with zero attached hydrogens (tertiary/aromatic N) is 1. The number of carbonyl (C=O) groups is 1. The third-order valence-corrected chi connectivity index (χ3v) is 6.20. The molecule has 9 nitrogen and oxygen atoms in total. The van der Waals surface area contributed by atoms with Gasteiger partial charge in [0.25, 0.3) is 11.6 Å². The second-order valence-electron chi connectivity index (χ2n) is 6.67. The van der Waals surface area contributed by atoms with Gasteiger partial charge >= 0.3 is 0 Å². The maximum Gasteiger partial charge on any atom is 0.269 e. The van der Waals surface area contributed by atoms with Crippen LogP contribution < -0.4 is 15.6 Å². The molecule has 1 amide bonds. The molecular formula is C21H19ClN4O5S. The van der Waals surface area contributed by atoms with Gasteiger partial charge in [0.1, 0.15) is 0 Å². The quantitative estimate of drug-likeness (QED) is 0.322. The van der Waals surface area contributed by atoms with Crippen molar-refractivity contribution in [3.05, 3.63) is 105 Å². The fourth-order valence-corrected chi connectivity index (χ4v) is 3.96. The summed E-state index contributed by atoms with van der Waals surface area (Å²) in [5, 5.41) is 11.2. The molecule has 0 spiro atoms. The summed E-state index contributed by atoms with van der Waals surface area (Å²) in [4.78, 5) is 22.7. The fourth-order valence-electron chi connectivity index (χ4n) is 2.79. The number of hydrazine groups is 1. The summed E-state index contributed by atoms with van der Waals surface area (Å²) in [6, 6.07) is 19.2. The van der Waals surface area contributed by atoms with Crippen LogP contribution in [0.1, 0.15) is 22.0 Å². The molecule has 11 heteroatoms. The van der Waals surface area contributed by atoms with Crippen molar-refractivity contribution < 1.29 is 18.1 Å². The molecule has 0 saturated carbocycles. The summed E-state index contributed by atoms with van der Waals surface area (Å²) in [5.74, 6) is -0.526. The summed E-state index contributed by atoms with van der Waals surface area (Å²) in [6.45, 7) is -0.0600. The number of non-ortho nitro benzene ring substituents is 1. The van der Waals surface area contributed by atoms with Crippen molar-refractivity contribution in [2.45, 2.75) is 10.9 Å². The summed E-state index contributed by atoms with van der Waals surface area (Å²) in [5.41, 5.74) is 6.15. The normalized spacial score (nSPS) is 12.2. The number of halogens is 1. The highest BCUT2D eigenvalue weighted by atomic mass is 35.5. The number of hydrogen-bond donors (Lipinski definition) is 3. The van der Waals surface area contributed by atoms with E-state index in [4.69, 9.17) is 11.6 Å². The smallest absolute Gasteiger partial charge is 0.269 e. The Kier molecular flexibility index (Phi) is 7.54. The lowest BCUT2D eigenvalue weighted by molar-refractivity contribution is -0.384. The number of amides is 1. The zero-order valence-electron chi connectivity index (χ0n) is 16.6. The average Bonchev–Trinajstić information content (AvgIpc) is 2.80. The third-order valence-electron chi connectivity index (χ3n) is 4.50. The van der Waals surface area contributed by atoms with E-state index < -0.39 is 26.9 Å². The Morgan fingerprint density at radius 2 is 1.59 bits per heavy atom. The zero-order chi connectivity index (χ0) is 23.1. The predicted octanol–water partition coefficient (Wildman–Crippen LogP) is 3.20. The molecular weight excluding hydrogens is 456 g/mol. The third kappa shape index (κ3) is 6.11. The Bertz CT molecular complexity index is 1190. The second kappa shape index (κ2) is 10.3. The first kappa shape index (κ1) is 23.4. The van der Waals surface area contributed by atoms with E-state index >= 15 is 0 Å². The average molecular weight is 475 g/mol. The van der Waals surface area contributed by atoms with E-state index in [2.05, 4.69) is 15.6 Å². The van der Waals surface area contributed by atoms with Gasteiger partial charge in [-0.05, 0) is 42.0 Å². The molecule has 0 aromatic heterocycles. The lowest BCUT2D eigenvalue weighted by Crippen LogP contribution is -2.44. The highest BCUT2D eigenvalue weighted by molar-refractivity contribution is 7.89. The first-order valence-electron chi connectivity index (χ1n) is 9.37. The highest BCUT2D eigenvalue weighted by Crippen LogP contribution is 2.16. The van der Waals surface area contributed by atoms with Crippen molar-refractivity contribution in [1.82, 2.24) is 15.6 Å². The number of benzene rings is 3. The van der Waals surface area contributed by atoms with Crippen molar-refractivity contribution in [3.8, 4) is 0 Å². The van der Waals surface area contributed by atoms with E-state index in [1.165, 1.54) is 48.5 Å². The van der Waals surface area contributed by atoms with E-state index in [1.54, 1.807) is 24.3 Å². The van der Waals surface area contributed by atoms with Crippen LogP contribution in [-0.4, -0.2) is 25.8 Å². The van der Waals surface area contributed by atoms with Gasteiger partial charge < -0.3 is 0 Å². The van der Waals surface area contributed by atoms with Crippen LogP contribution in [0.15, 0.2) is 83.8 Å². The minimum atomic E-state index is -3.81. The summed E-state index contributed by atoms with van der Waals surface area (Å²) < 4.78 is 27.7. The number of nitrogens with one attached hydrogen (secondary N) is 3. The van der Waals surface area contributed by atoms with Crippen molar-refractivity contribution in [2.75, 3.05) is 6.54 Å². The molecule has 0 radical (unpaired) electrons. The molecule has 1 atom stereocenters. The molecule has 0 heterocycles. The van der Waals surface area contributed by atoms with Crippen molar-refractivity contribution in [2.24, 2.45) is 0 Å². The van der Waals surface area contributed by atoms with Gasteiger partial charge in [-0.3, -0.25) is 20.3 Å². The Balaban J connectivity index is 1.70. The highest BCUT2D eigenvalue weighted by Gasteiger charge is 2.19. The molecule has 0 bridgehead atoms. The minimum absolute atomic E-state index is 0.0589. The molecule has 0 unspecified atom stereocenters. The lowest BCUT2D eigenvalue weighted by atomic mass is 10.1. The number of hydrogen-bond acceptors (Lipinski definition) is 6. The van der Waals surface area contributed by atoms with E-state index in [-0.39, 0.29) is 22.7 Å². The molecule has 32 heavy (non-hydrogen) atoms. The van der Waals surface area contributed by atoms with Gasteiger partial charge in [0, 0.05) is 29.3 Å². The van der Waals surface area contributed by atoms with Gasteiger partial charge in [-0.2, -0.15) is 0 Å². The van der Waals surface area contributed by atoms with E-state index in [0.717, 1.165) is 5.56 Å². The molecule has 166 valence electrons. The molecule has 3 aromatic rings. The fraction of sp³-hybridized carbons (Fsp3) is 0.0952. The molecule has 3 rings (SSSR count). The number of nitro benzene ring substituents is 1. The van der Waals surface area contributed by atoms with Crippen LogP contribution in [0.25, 0.3) is 0 Å². The van der Waals surface area contributed by atoms with Crippen LogP contribution in [0.5, 0.6) is 0 Å². The summed E-state index contributed by atoms with van der Waals surface area (Å²) >= 11 is 5.82. The van der Waals surface area contributed by atoms with Crippen LogP contribution in [0, 0.1) is 10.1 Å². The van der Waals surface area contributed by atoms with E-state index in [9.17, 15) is 23.3 Å². The molecule has 0 fully saturated rings. The molecule has 0 aliphatic carbocycles. The van der Waals surface area contributed by atoms with Crippen molar-refractivity contribution in [1.29, 1.82) is 0 Å². The van der Waals surface area contributed by atoms with Crippen LogP contribution in [0.4, 0.5) is 5.69 Å². The Labute approximate surface area is 189 Å². The Morgan fingerprint density at radius 1 is 0.969 bits per heavy atom. The second-order valence-corrected chi connectivity index (χ2v) is 8.87. The maximum absolute atomic E-state index is 12.6. The van der Waals surface area contributed by atoms with E-state index in [1.807, 2.05) is 6.07 Å². The standard InChI is InChI=1S/C21H19ClN4O5S/c22-17-8-12-19(13-9-17)32(30,31)23-14-20(15-4-2-1-3-5-15)24-25-21(27)16-6-10-18(11-7-16)26(28)29/h1-13,20,23-24H,14H2,(H,25,27)/t20-/m0/s1. The lowest BCUT2D eigenvalue weighted by Gasteiger charge is -2.20. The summed E-state index contributed by atoms with van der Waals surface area (Å²) in [6.07, 6.45) is 0. The number of nitro groups is 1. The number of sulfonamides is 1. The topological polar surface area (TPSA) is 130 Å². The van der Waals surface area contributed by atoms with Gasteiger partial charge in [0.05, 0.1) is 15.9 Å². The zero-order valence-corrected chi connectivity index (χ0v) is 18.1. The van der Waals surface area contributed by atoms with Crippen molar-refractivity contribution in [3.63, 3.8) is 0 Å². The monoisotopic (exact) mass is 474 g/mol. The summed E-state index contributed by atoms with van der Waals surface area (Å²) in [7, 11) is -3.81. The van der Waals surface area contributed by atoms with E-state index in [0.29, 0.717) is 5.02 Å². The van der Waals surface area contributed by atoms with Gasteiger partial charge in [-0.15, -0.1) is 0 Å². The van der Waals surface area contributed by atoms with Gasteiger partial charge in [0.2, 0.25) is 10.0 Å². The first-order chi connectivity index (χ1) is 15.3. The van der Waals surface area contributed by atoms with Crippen LogP contribution in [0.3, 0.4) is 0 Å². The van der Waals surface area contributed by atoms with Crippen LogP contribution in [0.2, 0.25) is 5.02 Å². The van der Waals surface area contributed by atoms with Crippen LogP contribution in [-0.2, 0) is 10.0 Å². The maximum atomic E-state index is 12.6. The number of rotatable bonds is 9. The minimum Gasteiger partial charge on any atom is -0.287 e. The predicted molar refractivity (Wildman–Crippen MR) is 120 cm³/mol. The molecule has 0 aliphatic heterocycles. The molecule has 3 aromatic carbocycles. The Morgan fingerprint density at radius 3 is 2.19 bits per heavy atom. The van der Waals surface area contributed by atoms with Gasteiger partial charge in [0.15, 0.2) is 0 Å². The van der Waals surface area contributed by atoms with Crippen molar-refractivity contribution >= 4 is 33.2 Å². The van der Waals surface area contributed by atoms with Crippen LogP contribution >= 0.6 is 11.6 Å². The SMILES string of the molecule is O=C(NN[C@@H](CNS(=O)(=O)c1ccc(Cl)cc1)c1ccccc1)c1ccc([N+](=O)[O-])cc1. The number of carbonyl (C=O) groups excluding carboxylic acids is 1. The Hall–Kier alpha value is -3.31. The molecule has 0 aliphatic rings. The largest absolute Gasteiger partial charge is 0.287 e. The first-order valence-corrected chi connectivity index (χ1v) is 11.2. The molecule has 3 N–H and O–H groups in total. The van der Waals surface area contributed by atoms with Gasteiger partial charge in [-0.1, -0.05) is 41.9 Å². The van der Waals surface area contributed by atoms with Gasteiger partial charge in [-0.25, -0.2) is 18.6 Å². The molecule has 0 saturated heterocycles.